The monoisotopic (exact) mass is 479 g/mol. The number of rotatable bonds is 5. The van der Waals surface area contributed by atoms with Gasteiger partial charge in [0, 0.05) is 40.3 Å². The Kier molecular flexibility index (Phi) is 6.32. The molecule has 1 saturated heterocycles. The molecule has 2 heterocycles. The van der Waals surface area contributed by atoms with Gasteiger partial charge in [-0.2, -0.15) is 0 Å². The van der Waals surface area contributed by atoms with Crippen LogP contribution >= 0.6 is 11.6 Å². The molecular formula is C26H23ClFN3O3. The Morgan fingerprint density at radius 2 is 1.82 bits per heavy atom. The van der Waals surface area contributed by atoms with Crippen LogP contribution in [0.1, 0.15) is 17.2 Å². The van der Waals surface area contributed by atoms with Gasteiger partial charge in [0.2, 0.25) is 0 Å². The molecule has 1 atom stereocenters. The first-order chi connectivity index (χ1) is 16.5. The first-order valence-corrected chi connectivity index (χ1v) is 11.3. The van der Waals surface area contributed by atoms with E-state index in [4.69, 9.17) is 21.1 Å². The summed E-state index contributed by atoms with van der Waals surface area (Å²) in [6.07, 6.45) is 0.382. The van der Waals surface area contributed by atoms with Gasteiger partial charge in [-0.05, 0) is 48.0 Å². The van der Waals surface area contributed by atoms with Crippen LogP contribution in [-0.2, 0) is 4.74 Å². The second-order valence-electron chi connectivity index (χ2n) is 8.05. The zero-order valence-corrected chi connectivity index (χ0v) is 19.3. The van der Waals surface area contributed by atoms with Crippen LogP contribution in [0, 0.1) is 5.82 Å². The summed E-state index contributed by atoms with van der Waals surface area (Å²) in [7, 11) is 1.57. The van der Waals surface area contributed by atoms with Crippen LogP contribution in [0.2, 0.25) is 5.02 Å². The largest absolute Gasteiger partial charge is 0.497 e. The maximum Gasteiger partial charge on any atom is 0.134 e. The number of benzene rings is 3. The Bertz CT molecular complexity index is 1330. The standard InChI is InChI=1S/C26H23ClFN3O3/c1-33-18-5-2-16(3-6-18)26(32)20-13-21(23(28)14-22(20)27)25-19-7-4-17(12-24(19)29-15-30-25)31-8-10-34-11-9-31/h2-7,12-15,26,32H,8-11H2,1H3. The third-order valence-corrected chi connectivity index (χ3v) is 6.39. The number of halogens is 2. The Morgan fingerprint density at radius 1 is 1.06 bits per heavy atom. The quantitative estimate of drug-likeness (QED) is 0.433. The molecule has 1 unspecified atom stereocenters. The highest BCUT2D eigenvalue weighted by molar-refractivity contribution is 6.31. The maximum absolute atomic E-state index is 15.1. The number of aromatic nitrogens is 2. The minimum atomic E-state index is -1.04. The number of anilines is 1. The van der Waals surface area contributed by atoms with Gasteiger partial charge in [-0.1, -0.05) is 23.7 Å². The molecule has 174 valence electrons. The summed E-state index contributed by atoms with van der Waals surface area (Å²) in [6.45, 7) is 2.98. The lowest BCUT2D eigenvalue weighted by atomic mass is 9.97. The van der Waals surface area contributed by atoms with Gasteiger partial charge >= 0.3 is 0 Å². The van der Waals surface area contributed by atoms with Crippen molar-refractivity contribution in [1.82, 2.24) is 9.97 Å². The van der Waals surface area contributed by atoms with Crippen molar-refractivity contribution in [3.05, 3.63) is 82.9 Å². The number of fused-ring (bicyclic) bond motifs is 1. The van der Waals surface area contributed by atoms with E-state index in [1.165, 1.54) is 12.4 Å². The first-order valence-electron chi connectivity index (χ1n) is 10.9. The fraction of sp³-hybridized carbons (Fsp3) is 0.231. The molecule has 8 heteroatoms. The Morgan fingerprint density at radius 3 is 2.56 bits per heavy atom. The van der Waals surface area contributed by atoms with Crippen molar-refractivity contribution < 1.29 is 19.0 Å². The highest BCUT2D eigenvalue weighted by atomic mass is 35.5. The van der Waals surface area contributed by atoms with Crippen LogP contribution in [0.15, 0.2) is 60.9 Å². The minimum Gasteiger partial charge on any atom is -0.497 e. The summed E-state index contributed by atoms with van der Waals surface area (Å²) < 4.78 is 25.7. The SMILES string of the molecule is COc1ccc(C(O)c2cc(-c3ncnc4cc(N5CCOCC5)ccc34)c(F)cc2Cl)cc1. The predicted molar refractivity (Wildman–Crippen MR) is 130 cm³/mol. The maximum atomic E-state index is 15.1. The van der Waals surface area contributed by atoms with Crippen LogP contribution in [0.25, 0.3) is 22.2 Å². The Hall–Kier alpha value is -3.26. The van der Waals surface area contributed by atoms with E-state index in [9.17, 15) is 5.11 Å². The second-order valence-corrected chi connectivity index (χ2v) is 8.46. The van der Waals surface area contributed by atoms with Crippen LogP contribution in [0.5, 0.6) is 5.75 Å². The van der Waals surface area contributed by atoms with Gasteiger partial charge in [-0.15, -0.1) is 0 Å². The van der Waals surface area contributed by atoms with Gasteiger partial charge in [0.1, 0.15) is 24.0 Å². The van der Waals surface area contributed by atoms with Crippen LogP contribution in [0.4, 0.5) is 10.1 Å². The van der Waals surface area contributed by atoms with Gasteiger partial charge in [0.15, 0.2) is 0 Å². The first kappa shape index (κ1) is 22.5. The Labute approximate surface area is 201 Å². The van der Waals surface area contributed by atoms with Gasteiger partial charge in [0.25, 0.3) is 0 Å². The van der Waals surface area contributed by atoms with E-state index < -0.39 is 11.9 Å². The average molecular weight is 480 g/mol. The molecule has 3 aromatic carbocycles. The third-order valence-electron chi connectivity index (χ3n) is 6.06. The highest BCUT2D eigenvalue weighted by Crippen LogP contribution is 2.36. The number of hydrogen-bond donors (Lipinski definition) is 1. The smallest absolute Gasteiger partial charge is 0.134 e. The molecule has 0 spiro atoms. The predicted octanol–water partition coefficient (Wildman–Crippen LogP) is 5.02. The number of morpholine rings is 1. The van der Waals surface area contributed by atoms with Gasteiger partial charge in [-0.3, -0.25) is 0 Å². The zero-order valence-electron chi connectivity index (χ0n) is 18.5. The van der Waals surface area contributed by atoms with Crippen LogP contribution in [-0.4, -0.2) is 48.5 Å². The Balaban J connectivity index is 1.55. The summed E-state index contributed by atoms with van der Waals surface area (Å²) in [5.74, 6) is 0.152. The van der Waals surface area contributed by atoms with Crippen molar-refractivity contribution in [2.45, 2.75) is 6.10 Å². The van der Waals surface area contributed by atoms with E-state index >= 15 is 4.39 Å². The number of hydrogen-bond acceptors (Lipinski definition) is 6. The molecule has 0 saturated carbocycles. The van der Waals surface area contributed by atoms with E-state index in [1.54, 1.807) is 37.4 Å². The van der Waals surface area contributed by atoms with E-state index in [1.807, 2.05) is 18.2 Å². The van der Waals surface area contributed by atoms with E-state index in [2.05, 4.69) is 14.9 Å². The van der Waals surface area contributed by atoms with Gasteiger partial charge < -0.3 is 19.5 Å². The summed E-state index contributed by atoms with van der Waals surface area (Å²) >= 11 is 6.34. The summed E-state index contributed by atoms with van der Waals surface area (Å²) in [6, 6.07) is 15.6. The fourth-order valence-corrected chi connectivity index (χ4v) is 4.45. The number of aliphatic hydroxyl groups excluding tert-OH is 1. The third kappa shape index (κ3) is 4.30. The van der Waals surface area contributed by atoms with Crippen LogP contribution < -0.4 is 9.64 Å². The molecule has 0 aliphatic carbocycles. The number of methoxy groups -OCH3 is 1. The number of aliphatic hydroxyl groups is 1. The van der Waals surface area contributed by atoms with Crippen molar-refractivity contribution in [3.63, 3.8) is 0 Å². The lowest BCUT2D eigenvalue weighted by Gasteiger charge is -2.29. The fourth-order valence-electron chi connectivity index (χ4n) is 4.20. The zero-order chi connectivity index (χ0) is 23.7. The lowest BCUT2D eigenvalue weighted by Crippen LogP contribution is -2.36. The van der Waals surface area contributed by atoms with E-state index in [-0.39, 0.29) is 10.6 Å². The van der Waals surface area contributed by atoms with Crippen molar-refractivity contribution >= 4 is 28.2 Å². The number of nitrogens with zero attached hydrogens (tertiary/aromatic N) is 3. The van der Waals surface area contributed by atoms with Crippen molar-refractivity contribution in [1.29, 1.82) is 0 Å². The topological polar surface area (TPSA) is 67.7 Å². The van der Waals surface area contributed by atoms with Gasteiger partial charge in [-0.25, -0.2) is 14.4 Å². The molecule has 5 rings (SSSR count). The van der Waals surface area contributed by atoms with Crippen molar-refractivity contribution in [2.24, 2.45) is 0 Å². The summed E-state index contributed by atoms with van der Waals surface area (Å²) in [4.78, 5) is 11.0. The average Bonchev–Trinajstić information content (AvgIpc) is 2.88. The molecule has 0 amide bonds. The lowest BCUT2D eigenvalue weighted by molar-refractivity contribution is 0.122. The molecule has 0 bridgehead atoms. The molecule has 6 nitrogen and oxygen atoms in total. The molecule has 1 fully saturated rings. The molecule has 34 heavy (non-hydrogen) atoms. The minimum absolute atomic E-state index is 0.137. The molecular weight excluding hydrogens is 457 g/mol. The van der Waals surface area contributed by atoms with E-state index in [0.29, 0.717) is 46.7 Å². The molecule has 1 aliphatic rings. The van der Waals surface area contributed by atoms with Crippen LogP contribution in [0.3, 0.4) is 0 Å². The number of ether oxygens (including phenoxy) is 2. The summed E-state index contributed by atoms with van der Waals surface area (Å²) in [5, 5.41) is 11.8. The second kappa shape index (κ2) is 9.54. The highest BCUT2D eigenvalue weighted by Gasteiger charge is 2.21. The molecule has 1 aromatic heterocycles. The molecule has 1 N–H and O–H groups in total. The molecule has 1 aliphatic heterocycles. The summed E-state index contributed by atoms with van der Waals surface area (Å²) in [5.41, 5.74) is 3.44. The van der Waals surface area contributed by atoms with E-state index in [0.717, 1.165) is 18.8 Å². The molecule has 0 radical (unpaired) electrons. The normalized spacial score (nSPS) is 14.9. The van der Waals surface area contributed by atoms with Crippen molar-refractivity contribution in [2.75, 3.05) is 38.3 Å². The molecule has 4 aromatic rings. The van der Waals surface area contributed by atoms with Gasteiger partial charge in [0.05, 0.1) is 31.5 Å². The van der Waals surface area contributed by atoms with Crippen molar-refractivity contribution in [3.8, 4) is 17.0 Å².